The van der Waals surface area contributed by atoms with E-state index in [0.717, 1.165) is 5.39 Å². The van der Waals surface area contributed by atoms with Crippen molar-refractivity contribution in [1.82, 2.24) is 0 Å². The maximum absolute atomic E-state index is 12.0. The average Bonchev–Trinajstić information content (AvgIpc) is 2.45. The van der Waals surface area contributed by atoms with Crippen molar-refractivity contribution in [3.8, 4) is 12.1 Å². The molecule has 0 amide bonds. The lowest BCUT2D eigenvalue weighted by atomic mass is 9.84. The first-order chi connectivity index (χ1) is 9.27. The highest BCUT2D eigenvalue weighted by Crippen LogP contribution is 2.32. The average molecular weight is 244 g/mol. The van der Waals surface area contributed by atoms with Crippen LogP contribution < -0.4 is 0 Å². The number of rotatable bonds is 0. The van der Waals surface area contributed by atoms with Crippen molar-refractivity contribution in [3.63, 3.8) is 0 Å². The summed E-state index contributed by atoms with van der Waals surface area (Å²) < 4.78 is 0. The van der Waals surface area contributed by atoms with Crippen LogP contribution in [-0.2, 0) is 6.42 Å². The summed E-state index contributed by atoms with van der Waals surface area (Å²) in [4.78, 5) is 12.0. The smallest absolute Gasteiger partial charge is 0.187 e. The van der Waals surface area contributed by atoms with Gasteiger partial charge in [0.2, 0.25) is 0 Å². The first-order valence-corrected chi connectivity index (χ1v) is 5.86. The number of carbonyl (C=O) groups is 1. The van der Waals surface area contributed by atoms with Crippen molar-refractivity contribution in [2.45, 2.75) is 6.42 Å². The van der Waals surface area contributed by atoms with Crippen molar-refractivity contribution in [2.24, 2.45) is 0 Å². The molecule has 1 aliphatic carbocycles. The molecular formula is C16H8N2O. The summed E-state index contributed by atoms with van der Waals surface area (Å²) in [5.41, 5.74) is 1.94. The Labute approximate surface area is 110 Å². The molecule has 0 N–H and O–H groups in total. The van der Waals surface area contributed by atoms with E-state index in [1.54, 1.807) is 18.2 Å². The predicted octanol–water partition coefficient (Wildman–Crippen LogP) is 2.88. The Morgan fingerprint density at radius 3 is 2.26 bits per heavy atom. The topological polar surface area (TPSA) is 64.7 Å². The van der Waals surface area contributed by atoms with Crippen molar-refractivity contribution in [2.75, 3.05) is 0 Å². The quantitative estimate of drug-likeness (QED) is 0.715. The number of nitriles is 2. The summed E-state index contributed by atoms with van der Waals surface area (Å²) in [7, 11) is 0. The molecule has 3 nitrogen and oxygen atoms in total. The van der Waals surface area contributed by atoms with Gasteiger partial charge in [0, 0.05) is 16.3 Å². The molecule has 3 rings (SSSR count). The summed E-state index contributed by atoms with van der Waals surface area (Å²) in [6, 6.07) is 11.5. The van der Waals surface area contributed by atoms with Crippen molar-refractivity contribution < 1.29 is 4.79 Å². The Hall–Kier alpha value is -2.91. The minimum absolute atomic E-state index is 0.194. The van der Waals surface area contributed by atoms with Gasteiger partial charge >= 0.3 is 0 Å². The zero-order chi connectivity index (χ0) is 13.4. The molecule has 0 atom stereocenters. The normalized spacial score (nSPS) is 12.8. The molecule has 0 unspecified atom stereocenters. The number of nitrogens with zero attached hydrogens (tertiary/aromatic N) is 2. The van der Waals surface area contributed by atoms with E-state index in [9.17, 15) is 15.3 Å². The van der Waals surface area contributed by atoms with Gasteiger partial charge in [0.25, 0.3) is 0 Å². The van der Waals surface area contributed by atoms with E-state index in [0.29, 0.717) is 34.1 Å². The molecule has 1 aliphatic rings. The van der Waals surface area contributed by atoms with Crippen LogP contribution in [0.1, 0.15) is 27.0 Å². The van der Waals surface area contributed by atoms with E-state index in [2.05, 4.69) is 12.1 Å². The molecule has 0 aliphatic heterocycles. The van der Waals surface area contributed by atoms with Crippen LogP contribution in [0.2, 0.25) is 0 Å². The lowest BCUT2D eigenvalue weighted by Gasteiger charge is -2.16. The van der Waals surface area contributed by atoms with Gasteiger partial charge in [0.05, 0.1) is 11.1 Å². The lowest BCUT2D eigenvalue weighted by Crippen LogP contribution is -2.11. The van der Waals surface area contributed by atoms with Gasteiger partial charge in [-0.3, -0.25) is 4.79 Å². The van der Waals surface area contributed by atoms with Crippen LogP contribution in [0, 0.1) is 22.7 Å². The minimum atomic E-state index is -0.194. The molecule has 0 saturated carbocycles. The second kappa shape index (κ2) is 4.08. The summed E-state index contributed by atoms with van der Waals surface area (Å²) >= 11 is 0. The zero-order valence-electron chi connectivity index (χ0n) is 9.97. The summed E-state index contributed by atoms with van der Waals surface area (Å²) in [5, 5.41) is 20.1. The highest BCUT2D eigenvalue weighted by Gasteiger charge is 2.24. The number of benzene rings is 2. The van der Waals surface area contributed by atoms with Gasteiger partial charge in [0.15, 0.2) is 5.78 Å². The number of ketones is 1. The monoisotopic (exact) mass is 244 g/mol. The van der Waals surface area contributed by atoms with Gasteiger partial charge in [0.1, 0.15) is 12.1 Å². The maximum Gasteiger partial charge on any atom is 0.187 e. The van der Waals surface area contributed by atoms with Gasteiger partial charge < -0.3 is 0 Å². The molecule has 19 heavy (non-hydrogen) atoms. The van der Waals surface area contributed by atoms with E-state index >= 15 is 0 Å². The molecule has 88 valence electrons. The standard InChI is InChI=1S/C16H8N2O/c17-8-13-10-4-1-2-5-11(10)14(9-18)16-12(13)6-3-7-15(16)19/h1-5,7H,6H2. The lowest BCUT2D eigenvalue weighted by molar-refractivity contribution is 0.104. The van der Waals surface area contributed by atoms with Crippen LogP contribution >= 0.6 is 0 Å². The van der Waals surface area contributed by atoms with Crippen LogP contribution in [0.25, 0.3) is 10.8 Å². The second-order valence-corrected chi connectivity index (χ2v) is 4.34. The fourth-order valence-electron chi connectivity index (χ4n) is 2.58. The molecule has 0 fully saturated rings. The molecule has 2 aromatic carbocycles. The van der Waals surface area contributed by atoms with Crippen molar-refractivity contribution >= 4 is 16.6 Å². The van der Waals surface area contributed by atoms with Crippen LogP contribution in [0.15, 0.2) is 36.4 Å². The molecule has 0 saturated heterocycles. The highest BCUT2D eigenvalue weighted by molar-refractivity contribution is 6.13. The Balaban J connectivity index is 2.60. The number of allylic oxidation sites excluding steroid dienone is 2. The highest BCUT2D eigenvalue weighted by atomic mass is 16.1. The number of fused-ring (bicyclic) bond motifs is 2. The third-order valence-electron chi connectivity index (χ3n) is 3.38. The number of carbonyl (C=O) groups excluding carboxylic acids is 1. The molecule has 0 heterocycles. The Bertz CT molecular complexity index is 832. The Kier molecular flexibility index (Phi) is 2.41. The van der Waals surface area contributed by atoms with E-state index in [1.807, 2.05) is 12.1 Å². The van der Waals surface area contributed by atoms with E-state index in [-0.39, 0.29) is 5.78 Å². The summed E-state index contributed by atoms with van der Waals surface area (Å²) in [6.07, 6.45) is 3.73. The maximum atomic E-state index is 12.0. The third-order valence-corrected chi connectivity index (χ3v) is 3.38. The first kappa shape index (κ1) is 11.2. The molecule has 0 bridgehead atoms. The van der Waals surface area contributed by atoms with E-state index in [4.69, 9.17) is 0 Å². The zero-order valence-corrected chi connectivity index (χ0v) is 9.97. The Morgan fingerprint density at radius 1 is 1.00 bits per heavy atom. The molecular weight excluding hydrogens is 236 g/mol. The summed E-state index contributed by atoms with van der Waals surface area (Å²) in [5.74, 6) is -0.194. The Morgan fingerprint density at radius 2 is 1.63 bits per heavy atom. The van der Waals surface area contributed by atoms with Crippen LogP contribution in [0.3, 0.4) is 0 Å². The van der Waals surface area contributed by atoms with Crippen molar-refractivity contribution in [3.05, 3.63) is 58.7 Å². The largest absolute Gasteiger partial charge is 0.289 e. The SMILES string of the molecule is N#Cc1c2c(c(C#N)c3ccccc13)C(=O)C=CC2. The molecule has 2 aromatic rings. The van der Waals surface area contributed by atoms with Gasteiger partial charge in [-0.25, -0.2) is 0 Å². The number of hydrogen-bond acceptors (Lipinski definition) is 3. The number of hydrogen-bond donors (Lipinski definition) is 0. The minimum Gasteiger partial charge on any atom is -0.289 e. The molecule has 0 spiro atoms. The first-order valence-electron chi connectivity index (χ1n) is 5.86. The predicted molar refractivity (Wildman–Crippen MR) is 70.6 cm³/mol. The van der Waals surface area contributed by atoms with Crippen LogP contribution in [0.5, 0.6) is 0 Å². The fourth-order valence-corrected chi connectivity index (χ4v) is 2.58. The molecule has 0 radical (unpaired) electrons. The van der Waals surface area contributed by atoms with E-state index in [1.165, 1.54) is 6.08 Å². The second-order valence-electron chi connectivity index (χ2n) is 4.34. The van der Waals surface area contributed by atoms with Gasteiger partial charge in [-0.1, -0.05) is 30.3 Å². The molecule has 3 heteroatoms. The van der Waals surface area contributed by atoms with Gasteiger partial charge in [-0.15, -0.1) is 0 Å². The third kappa shape index (κ3) is 1.46. The van der Waals surface area contributed by atoms with Gasteiger partial charge in [-0.05, 0) is 18.1 Å². The summed E-state index contributed by atoms with van der Waals surface area (Å²) in [6.45, 7) is 0. The molecule has 0 aromatic heterocycles. The van der Waals surface area contributed by atoms with E-state index < -0.39 is 0 Å². The van der Waals surface area contributed by atoms with Gasteiger partial charge in [-0.2, -0.15) is 10.5 Å². The van der Waals surface area contributed by atoms with Crippen molar-refractivity contribution in [1.29, 1.82) is 10.5 Å². The van der Waals surface area contributed by atoms with Crippen LogP contribution in [-0.4, -0.2) is 5.78 Å². The van der Waals surface area contributed by atoms with Crippen LogP contribution in [0.4, 0.5) is 0 Å². The fraction of sp³-hybridized carbons (Fsp3) is 0.0625.